The maximum Gasteiger partial charge on any atom is 0.268 e. The highest BCUT2D eigenvalue weighted by Gasteiger charge is 2.27. The Morgan fingerprint density at radius 1 is 1.14 bits per heavy atom. The lowest BCUT2D eigenvalue weighted by Crippen LogP contribution is -2.25. The number of rotatable bonds is 1. The summed E-state index contributed by atoms with van der Waals surface area (Å²) in [5.41, 5.74) is 4.71. The smallest absolute Gasteiger partial charge is 0.268 e. The van der Waals surface area contributed by atoms with Crippen molar-refractivity contribution in [2.24, 2.45) is 0 Å². The summed E-state index contributed by atoms with van der Waals surface area (Å²) < 4.78 is 5.34. The first-order chi connectivity index (χ1) is 10.7. The van der Waals surface area contributed by atoms with Crippen LogP contribution >= 0.6 is 0 Å². The molecule has 0 saturated carbocycles. The van der Waals surface area contributed by atoms with Gasteiger partial charge in [-0.15, -0.1) is 0 Å². The number of benzene rings is 2. The van der Waals surface area contributed by atoms with Gasteiger partial charge in [0.2, 0.25) is 0 Å². The molecule has 0 radical (unpaired) electrons. The molecule has 0 fully saturated rings. The molecule has 3 aromatic rings. The molecule has 0 unspecified atom stereocenters. The number of hydrogen-bond acceptors (Lipinski definition) is 2. The van der Waals surface area contributed by atoms with E-state index in [0.717, 1.165) is 33.3 Å². The molecule has 2 aromatic carbocycles. The van der Waals surface area contributed by atoms with Crippen molar-refractivity contribution >= 4 is 16.8 Å². The Morgan fingerprint density at radius 2 is 1.95 bits per heavy atom. The van der Waals surface area contributed by atoms with Crippen LogP contribution in [0.2, 0.25) is 0 Å². The third kappa shape index (κ3) is 1.73. The first kappa shape index (κ1) is 13.0. The van der Waals surface area contributed by atoms with Crippen molar-refractivity contribution in [3.8, 4) is 16.9 Å². The van der Waals surface area contributed by atoms with Gasteiger partial charge in [0.15, 0.2) is 0 Å². The molecule has 4 heteroatoms. The lowest BCUT2D eigenvalue weighted by molar-refractivity contribution is 0.0938. The maximum atomic E-state index is 12.5. The summed E-state index contributed by atoms with van der Waals surface area (Å²) in [5, 5.41) is 4.05. The molecule has 1 aromatic heterocycles. The van der Waals surface area contributed by atoms with Crippen molar-refractivity contribution in [3.05, 3.63) is 53.7 Å². The van der Waals surface area contributed by atoms with E-state index in [2.05, 4.69) is 22.4 Å². The number of fused-ring (bicyclic) bond motifs is 5. The predicted molar refractivity (Wildman–Crippen MR) is 86.2 cm³/mol. The number of carbonyl (C=O) groups excluding carboxylic acids is 1. The molecule has 2 heterocycles. The highest BCUT2D eigenvalue weighted by molar-refractivity contribution is 6.11. The van der Waals surface area contributed by atoms with Crippen LogP contribution in [0.25, 0.3) is 22.0 Å². The van der Waals surface area contributed by atoms with E-state index in [0.29, 0.717) is 5.69 Å². The highest BCUT2D eigenvalue weighted by Crippen LogP contribution is 2.39. The van der Waals surface area contributed by atoms with Gasteiger partial charge in [0.1, 0.15) is 11.4 Å². The van der Waals surface area contributed by atoms with Crippen molar-refractivity contribution < 1.29 is 9.53 Å². The number of H-pyrrole nitrogens is 1. The van der Waals surface area contributed by atoms with Gasteiger partial charge in [-0.1, -0.05) is 24.3 Å². The van der Waals surface area contributed by atoms with Crippen LogP contribution in [0, 0.1) is 0 Å². The summed E-state index contributed by atoms with van der Waals surface area (Å²) in [6, 6.07) is 13.9. The summed E-state index contributed by atoms with van der Waals surface area (Å²) >= 11 is 0. The third-order valence-corrected chi connectivity index (χ3v) is 4.28. The van der Waals surface area contributed by atoms with E-state index in [1.54, 1.807) is 7.11 Å². The predicted octanol–water partition coefficient (Wildman–Crippen LogP) is 3.65. The van der Waals surface area contributed by atoms with Crippen LogP contribution in [0.3, 0.4) is 0 Å². The van der Waals surface area contributed by atoms with E-state index in [9.17, 15) is 4.79 Å². The van der Waals surface area contributed by atoms with Crippen molar-refractivity contribution in [2.45, 2.75) is 13.0 Å². The zero-order chi connectivity index (χ0) is 15.3. The van der Waals surface area contributed by atoms with Crippen molar-refractivity contribution in [2.75, 3.05) is 7.11 Å². The minimum Gasteiger partial charge on any atom is -0.497 e. The summed E-state index contributed by atoms with van der Waals surface area (Å²) in [6.45, 7) is 2.01. The van der Waals surface area contributed by atoms with Gasteiger partial charge in [-0.25, -0.2) is 0 Å². The molecule has 1 amide bonds. The molecule has 22 heavy (non-hydrogen) atoms. The molecule has 0 saturated heterocycles. The Bertz CT molecular complexity index is 895. The van der Waals surface area contributed by atoms with Gasteiger partial charge in [-0.2, -0.15) is 0 Å². The van der Waals surface area contributed by atoms with E-state index in [-0.39, 0.29) is 11.9 Å². The monoisotopic (exact) mass is 292 g/mol. The number of ether oxygens (including phenoxy) is 1. The Morgan fingerprint density at radius 3 is 2.77 bits per heavy atom. The minimum atomic E-state index is -0.0751. The number of nitrogens with one attached hydrogen (secondary N) is 2. The van der Waals surface area contributed by atoms with Gasteiger partial charge < -0.3 is 15.0 Å². The second-order valence-electron chi connectivity index (χ2n) is 5.57. The summed E-state index contributed by atoms with van der Waals surface area (Å²) in [7, 11) is 1.65. The molecule has 0 bridgehead atoms. The molecule has 1 atom stereocenters. The molecule has 110 valence electrons. The molecule has 4 rings (SSSR count). The molecule has 4 nitrogen and oxygen atoms in total. The minimum absolute atomic E-state index is 0.0230. The van der Waals surface area contributed by atoms with Gasteiger partial charge in [-0.05, 0) is 36.2 Å². The Hall–Kier alpha value is -2.75. The lowest BCUT2D eigenvalue weighted by atomic mass is 9.95. The summed E-state index contributed by atoms with van der Waals surface area (Å²) in [6.07, 6.45) is 0. The number of aromatic amines is 1. The largest absolute Gasteiger partial charge is 0.497 e. The second kappa shape index (κ2) is 4.63. The molecule has 1 aliphatic rings. The van der Waals surface area contributed by atoms with Crippen LogP contribution in [-0.2, 0) is 0 Å². The van der Waals surface area contributed by atoms with Crippen molar-refractivity contribution in [3.63, 3.8) is 0 Å². The highest BCUT2D eigenvalue weighted by atomic mass is 16.5. The quantitative estimate of drug-likeness (QED) is 0.719. The molecule has 0 spiro atoms. The van der Waals surface area contributed by atoms with Crippen LogP contribution in [-0.4, -0.2) is 18.0 Å². The van der Waals surface area contributed by atoms with Crippen LogP contribution in [0.4, 0.5) is 0 Å². The fourth-order valence-corrected chi connectivity index (χ4v) is 3.20. The van der Waals surface area contributed by atoms with Crippen LogP contribution < -0.4 is 10.1 Å². The maximum absolute atomic E-state index is 12.5. The molecular formula is C18H16N2O2. The first-order valence-corrected chi connectivity index (χ1v) is 7.29. The Balaban J connectivity index is 2.12. The lowest BCUT2D eigenvalue weighted by Gasteiger charge is -2.13. The second-order valence-corrected chi connectivity index (χ2v) is 5.57. The topological polar surface area (TPSA) is 54.1 Å². The summed E-state index contributed by atoms with van der Waals surface area (Å²) in [4.78, 5) is 15.8. The number of amides is 1. The normalized spacial score (nSPS) is 16.6. The van der Waals surface area contributed by atoms with E-state index in [4.69, 9.17) is 4.74 Å². The molecule has 2 N–H and O–H groups in total. The molecule has 0 aliphatic carbocycles. The van der Waals surface area contributed by atoms with Crippen molar-refractivity contribution in [1.29, 1.82) is 0 Å². The standard InChI is InChI=1S/C18H16N2O2/c1-10-12-5-3-4-6-13(12)16-14-9-11(22-2)7-8-15(14)20-17(16)18(21)19-10/h3-10,20H,1-2H3,(H,19,21)/t10-/m0/s1. The van der Waals surface area contributed by atoms with Gasteiger partial charge in [-0.3, -0.25) is 4.79 Å². The molecule has 1 aliphatic heterocycles. The molecular weight excluding hydrogens is 276 g/mol. The zero-order valence-corrected chi connectivity index (χ0v) is 12.4. The van der Waals surface area contributed by atoms with Crippen LogP contribution in [0.15, 0.2) is 42.5 Å². The van der Waals surface area contributed by atoms with Gasteiger partial charge >= 0.3 is 0 Å². The van der Waals surface area contributed by atoms with Crippen LogP contribution in [0.1, 0.15) is 29.0 Å². The van der Waals surface area contributed by atoms with Gasteiger partial charge in [0.25, 0.3) is 5.91 Å². The average molecular weight is 292 g/mol. The fourth-order valence-electron chi connectivity index (χ4n) is 3.20. The Labute approximate surface area is 128 Å². The van der Waals surface area contributed by atoms with Gasteiger partial charge in [0.05, 0.1) is 13.2 Å². The SMILES string of the molecule is COc1ccc2[nH]c3c(c2c1)-c1ccccc1[C@H](C)NC3=O. The fraction of sp³-hybridized carbons (Fsp3) is 0.167. The number of hydrogen-bond donors (Lipinski definition) is 2. The zero-order valence-electron chi connectivity index (χ0n) is 12.4. The van der Waals surface area contributed by atoms with E-state index >= 15 is 0 Å². The number of aromatic nitrogens is 1. The van der Waals surface area contributed by atoms with Gasteiger partial charge in [0, 0.05) is 16.5 Å². The van der Waals surface area contributed by atoms with E-state index in [1.807, 2.05) is 37.3 Å². The van der Waals surface area contributed by atoms with E-state index in [1.165, 1.54) is 0 Å². The van der Waals surface area contributed by atoms with E-state index < -0.39 is 0 Å². The summed E-state index contributed by atoms with van der Waals surface area (Å²) in [5.74, 6) is 0.707. The first-order valence-electron chi connectivity index (χ1n) is 7.29. The third-order valence-electron chi connectivity index (χ3n) is 4.28. The number of methoxy groups -OCH3 is 1. The van der Waals surface area contributed by atoms with Crippen molar-refractivity contribution in [1.82, 2.24) is 10.3 Å². The van der Waals surface area contributed by atoms with Crippen LogP contribution in [0.5, 0.6) is 5.75 Å². The number of carbonyl (C=O) groups is 1. The average Bonchev–Trinajstić information content (AvgIpc) is 2.88. The Kier molecular flexibility index (Phi) is 2.73.